The lowest BCUT2D eigenvalue weighted by Gasteiger charge is -2.17. The Morgan fingerprint density at radius 1 is 1.27 bits per heavy atom. The predicted molar refractivity (Wildman–Crippen MR) is 93.8 cm³/mol. The Labute approximate surface area is 142 Å². The molecule has 1 aromatic carbocycles. The summed E-state index contributed by atoms with van der Waals surface area (Å²) in [5, 5.41) is 5.32. The highest BCUT2D eigenvalue weighted by Gasteiger charge is 2.13. The summed E-state index contributed by atoms with van der Waals surface area (Å²) in [5.74, 6) is 0.130. The third kappa shape index (κ3) is 9.18. The average molecular weight is 372 g/mol. The van der Waals surface area contributed by atoms with Crippen molar-refractivity contribution in [3.63, 3.8) is 0 Å². The summed E-state index contributed by atoms with van der Waals surface area (Å²) in [6.45, 7) is 9.78. The quantitative estimate of drug-likeness (QED) is 0.566. The Bertz CT molecular complexity index is 454. The lowest BCUT2D eigenvalue weighted by molar-refractivity contribution is -0.885. The molecule has 1 aromatic rings. The summed E-state index contributed by atoms with van der Waals surface area (Å²) in [6.07, 6.45) is 1.01. The Balaban J connectivity index is 2.17. The lowest BCUT2D eigenvalue weighted by Crippen LogP contribution is -3.08. The smallest absolute Gasteiger partial charge is 0.275 e. The first-order chi connectivity index (χ1) is 10.3. The number of quaternary nitrogens is 2. The SMILES string of the molecule is C[NH+](CC(=O)NCCC[NH2+]C(C)(C)C)Cc1ccc(Br)cc1. The highest BCUT2D eigenvalue weighted by molar-refractivity contribution is 9.10. The molecule has 124 valence electrons. The monoisotopic (exact) mass is 371 g/mol. The van der Waals surface area contributed by atoms with Crippen LogP contribution in [-0.4, -0.2) is 38.1 Å². The maximum atomic E-state index is 11.9. The minimum atomic E-state index is 0.130. The number of hydrogen-bond donors (Lipinski definition) is 3. The number of halogens is 1. The number of rotatable bonds is 8. The van der Waals surface area contributed by atoms with Gasteiger partial charge in [-0.2, -0.15) is 0 Å². The van der Waals surface area contributed by atoms with Gasteiger partial charge in [-0.25, -0.2) is 0 Å². The second-order valence-electron chi connectivity index (χ2n) is 7.00. The fourth-order valence-electron chi connectivity index (χ4n) is 2.21. The molecule has 5 heteroatoms. The van der Waals surface area contributed by atoms with E-state index in [1.807, 2.05) is 12.1 Å². The normalized spacial score (nSPS) is 13.0. The van der Waals surface area contributed by atoms with Crippen molar-refractivity contribution in [1.82, 2.24) is 5.32 Å². The molecule has 0 spiro atoms. The molecule has 22 heavy (non-hydrogen) atoms. The van der Waals surface area contributed by atoms with E-state index in [1.54, 1.807) is 0 Å². The van der Waals surface area contributed by atoms with Crippen LogP contribution in [0.5, 0.6) is 0 Å². The van der Waals surface area contributed by atoms with Gasteiger partial charge >= 0.3 is 0 Å². The van der Waals surface area contributed by atoms with Crippen LogP contribution in [0.1, 0.15) is 32.8 Å². The second-order valence-corrected chi connectivity index (χ2v) is 7.92. The molecule has 0 aromatic heterocycles. The van der Waals surface area contributed by atoms with Gasteiger partial charge in [0.15, 0.2) is 6.54 Å². The number of likely N-dealkylation sites (N-methyl/N-ethyl adjacent to an activating group) is 1. The largest absolute Gasteiger partial charge is 0.351 e. The Hall–Kier alpha value is -0.910. The number of carbonyl (C=O) groups is 1. The minimum Gasteiger partial charge on any atom is -0.351 e. The van der Waals surface area contributed by atoms with Gasteiger partial charge in [-0.3, -0.25) is 4.79 Å². The van der Waals surface area contributed by atoms with Crippen molar-refractivity contribution < 1.29 is 15.0 Å². The van der Waals surface area contributed by atoms with Gasteiger partial charge < -0.3 is 15.5 Å². The van der Waals surface area contributed by atoms with E-state index in [1.165, 1.54) is 10.5 Å². The predicted octanol–water partition coefficient (Wildman–Crippen LogP) is 0.332. The molecular formula is C17H30BrN3O+2. The van der Waals surface area contributed by atoms with Crippen LogP contribution in [0, 0.1) is 0 Å². The molecule has 4 N–H and O–H groups in total. The number of nitrogens with one attached hydrogen (secondary N) is 2. The zero-order chi connectivity index (χ0) is 16.6. The summed E-state index contributed by atoms with van der Waals surface area (Å²) >= 11 is 3.43. The first-order valence-electron chi connectivity index (χ1n) is 7.93. The molecule has 0 radical (unpaired) electrons. The van der Waals surface area contributed by atoms with Gasteiger partial charge in [0.05, 0.1) is 19.1 Å². The molecule has 0 aliphatic heterocycles. The summed E-state index contributed by atoms with van der Waals surface area (Å²) in [5.41, 5.74) is 1.51. The zero-order valence-electron chi connectivity index (χ0n) is 14.2. The fraction of sp³-hybridized carbons (Fsp3) is 0.588. The third-order valence-corrected chi connectivity index (χ3v) is 3.87. The summed E-state index contributed by atoms with van der Waals surface area (Å²) in [7, 11) is 2.05. The van der Waals surface area contributed by atoms with Gasteiger partial charge in [0.1, 0.15) is 6.54 Å². The van der Waals surface area contributed by atoms with Gasteiger partial charge in [-0.15, -0.1) is 0 Å². The van der Waals surface area contributed by atoms with Crippen molar-refractivity contribution in [1.29, 1.82) is 0 Å². The van der Waals surface area contributed by atoms with E-state index in [9.17, 15) is 4.79 Å². The number of amides is 1. The van der Waals surface area contributed by atoms with Gasteiger partial charge in [0.25, 0.3) is 5.91 Å². The van der Waals surface area contributed by atoms with Crippen LogP contribution in [0.2, 0.25) is 0 Å². The number of hydrogen-bond acceptors (Lipinski definition) is 1. The van der Waals surface area contributed by atoms with E-state index >= 15 is 0 Å². The van der Waals surface area contributed by atoms with E-state index < -0.39 is 0 Å². The zero-order valence-corrected chi connectivity index (χ0v) is 15.8. The second kappa shape index (κ2) is 9.28. The molecule has 0 bridgehead atoms. The van der Waals surface area contributed by atoms with Gasteiger partial charge in [0.2, 0.25) is 0 Å². The van der Waals surface area contributed by atoms with E-state index in [-0.39, 0.29) is 11.4 Å². The first-order valence-corrected chi connectivity index (χ1v) is 8.72. The van der Waals surface area contributed by atoms with Gasteiger partial charge in [0, 0.05) is 23.0 Å². The van der Waals surface area contributed by atoms with Crippen molar-refractivity contribution in [2.45, 2.75) is 39.3 Å². The molecule has 0 aliphatic rings. The maximum Gasteiger partial charge on any atom is 0.275 e. The highest BCUT2D eigenvalue weighted by Crippen LogP contribution is 2.09. The summed E-state index contributed by atoms with van der Waals surface area (Å²) < 4.78 is 1.08. The Morgan fingerprint density at radius 3 is 2.50 bits per heavy atom. The van der Waals surface area contributed by atoms with Crippen LogP contribution >= 0.6 is 15.9 Å². The molecule has 0 saturated carbocycles. The first kappa shape index (κ1) is 19.1. The van der Waals surface area contributed by atoms with Crippen LogP contribution < -0.4 is 15.5 Å². The molecule has 1 amide bonds. The molecule has 0 aliphatic carbocycles. The molecule has 1 unspecified atom stereocenters. The van der Waals surface area contributed by atoms with Crippen LogP contribution in [0.25, 0.3) is 0 Å². The average Bonchev–Trinajstić information content (AvgIpc) is 2.39. The topological polar surface area (TPSA) is 50.1 Å². The van der Waals surface area contributed by atoms with E-state index in [2.05, 4.69) is 66.5 Å². The highest BCUT2D eigenvalue weighted by atomic mass is 79.9. The van der Waals surface area contributed by atoms with Crippen molar-refractivity contribution in [3.05, 3.63) is 34.3 Å². The lowest BCUT2D eigenvalue weighted by atomic mass is 10.1. The van der Waals surface area contributed by atoms with Crippen LogP contribution in [0.15, 0.2) is 28.7 Å². The number of carbonyl (C=O) groups excluding carboxylic acids is 1. The van der Waals surface area contributed by atoms with Gasteiger partial charge in [-0.1, -0.05) is 28.1 Å². The van der Waals surface area contributed by atoms with Crippen molar-refractivity contribution >= 4 is 21.8 Å². The van der Waals surface area contributed by atoms with Crippen LogP contribution in [-0.2, 0) is 11.3 Å². The van der Waals surface area contributed by atoms with E-state index in [4.69, 9.17) is 0 Å². The molecule has 4 nitrogen and oxygen atoms in total. The number of benzene rings is 1. The molecule has 0 fully saturated rings. The summed E-state index contributed by atoms with van der Waals surface area (Å²) in [4.78, 5) is 13.1. The van der Waals surface area contributed by atoms with Crippen molar-refractivity contribution in [2.75, 3.05) is 26.7 Å². The fourth-order valence-corrected chi connectivity index (χ4v) is 2.48. The molecular weight excluding hydrogens is 342 g/mol. The minimum absolute atomic E-state index is 0.130. The standard InChI is InChI=1S/C17H28BrN3O/c1-17(2,3)20-11-5-10-19-16(22)13-21(4)12-14-6-8-15(18)9-7-14/h6-9,20H,5,10-13H2,1-4H3,(H,19,22)/p+2. The van der Waals surface area contributed by atoms with Gasteiger partial charge in [-0.05, 0) is 32.9 Å². The molecule has 1 rings (SSSR count). The third-order valence-electron chi connectivity index (χ3n) is 3.34. The summed E-state index contributed by atoms with van der Waals surface area (Å²) in [6, 6.07) is 8.25. The van der Waals surface area contributed by atoms with Crippen LogP contribution in [0.3, 0.4) is 0 Å². The van der Waals surface area contributed by atoms with E-state index in [0.717, 1.165) is 30.5 Å². The Morgan fingerprint density at radius 2 is 1.91 bits per heavy atom. The number of nitrogens with two attached hydrogens (primary N) is 1. The molecule has 1 atom stereocenters. The van der Waals surface area contributed by atoms with Crippen molar-refractivity contribution in [2.24, 2.45) is 0 Å². The van der Waals surface area contributed by atoms with Crippen LogP contribution in [0.4, 0.5) is 0 Å². The van der Waals surface area contributed by atoms with Crippen molar-refractivity contribution in [3.8, 4) is 0 Å². The Kier molecular flexibility index (Phi) is 8.07. The van der Waals surface area contributed by atoms with E-state index in [0.29, 0.717) is 6.54 Å². The maximum absolute atomic E-state index is 11.9. The molecule has 0 saturated heterocycles. The molecule has 0 heterocycles.